The first-order valence-corrected chi connectivity index (χ1v) is 8.13. The van der Waals surface area contributed by atoms with Gasteiger partial charge in [0.2, 0.25) is 0 Å². The van der Waals surface area contributed by atoms with E-state index in [1.807, 2.05) is 0 Å². The fourth-order valence-electron chi connectivity index (χ4n) is 3.03. The molecule has 1 saturated carbocycles. The maximum atomic E-state index is 3.49. The molecule has 0 bridgehead atoms. The molecule has 2 rings (SSSR count). The zero-order valence-corrected chi connectivity index (χ0v) is 13.6. The molecule has 0 heterocycles. The summed E-state index contributed by atoms with van der Waals surface area (Å²) in [6.45, 7) is 1.17. The average Bonchev–Trinajstić information content (AvgIpc) is 2.95. The van der Waals surface area contributed by atoms with Gasteiger partial charge in [0.05, 0.1) is 0 Å². The van der Waals surface area contributed by atoms with Gasteiger partial charge in [0, 0.05) is 16.6 Å². The lowest BCUT2D eigenvalue weighted by Gasteiger charge is -2.26. The van der Waals surface area contributed by atoms with Gasteiger partial charge in [-0.15, -0.1) is 0 Å². The number of nitrogens with one attached hydrogen (secondary N) is 1. The SMILES string of the molecule is CNC(CCN(C)C1CCCC1)c1ccc(Br)cc1. The van der Waals surface area contributed by atoms with Crippen LogP contribution in [-0.4, -0.2) is 31.6 Å². The zero-order valence-electron chi connectivity index (χ0n) is 12.0. The van der Waals surface area contributed by atoms with Crippen LogP contribution in [0.4, 0.5) is 0 Å². The van der Waals surface area contributed by atoms with Gasteiger partial charge < -0.3 is 10.2 Å². The molecular formula is C16H25BrN2. The van der Waals surface area contributed by atoms with Crippen LogP contribution in [0.25, 0.3) is 0 Å². The minimum atomic E-state index is 0.456. The number of nitrogens with zero attached hydrogens (tertiary/aromatic N) is 1. The summed E-state index contributed by atoms with van der Waals surface area (Å²) in [6.07, 6.45) is 6.78. The maximum absolute atomic E-state index is 3.49. The van der Waals surface area contributed by atoms with Gasteiger partial charge in [-0.1, -0.05) is 40.9 Å². The molecule has 1 atom stereocenters. The van der Waals surface area contributed by atoms with Crippen molar-refractivity contribution in [1.82, 2.24) is 10.2 Å². The normalized spacial score (nSPS) is 18.1. The largest absolute Gasteiger partial charge is 0.313 e. The molecule has 1 aromatic rings. The lowest BCUT2D eigenvalue weighted by Crippen LogP contribution is -2.32. The monoisotopic (exact) mass is 324 g/mol. The van der Waals surface area contributed by atoms with Gasteiger partial charge in [-0.25, -0.2) is 0 Å². The molecule has 1 aromatic carbocycles. The smallest absolute Gasteiger partial charge is 0.0329 e. The molecule has 1 N–H and O–H groups in total. The van der Waals surface area contributed by atoms with Gasteiger partial charge >= 0.3 is 0 Å². The van der Waals surface area contributed by atoms with Crippen LogP contribution in [0.2, 0.25) is 0 Å². The number of hydrogen-bond donors (Lipinski definition) is 1. The number of hydrogen-bond acceptors (Lipinski definition) is 2. The highest BCUT2D eigenvalue weighted by molar-refractivity contribution is 9.10. The van der Waals surface area contributed by atoms with E-state index in [1.165, 1.54) is 44.2 Å². The Kier molecular flexibility index (Phi) is 5.86. The molecule has 1 aliphatic carbocycles. The molecule has 0 aromatic heterocycles. The van der Waals surface area contributed by atoms with Crippen LogP contribution in [-0.2, 0) is 0 Å². The van der Waals surface area contributed by atoms with Crippen molar-refractivity contribution in [2.24, 2.45) is 0 Å². The minimum Gasteiger partial charge on any atom is -0.313 e. The van der Waals surface area contributed by atoms with E-state index in [2.05, 4.69) is 64.5 Å². The highest BCUT2D eigenvalue weighted by atomic mass is 79.9. The highest BCUT2D eigenvalue weighted by Gasteiger charge is 2.20. The van der Waals surface area contributed by atoms with Gasteiger partial charge in [-0.3, -0.25) is 0 Å². The predicted molar refractivity (Wildman–Crippen MR) is 85.4 cm³/mol. The quantitative estimate of drug-likeness (QED) is 0.851. The van der Waals surface area contributed by atoms with Crippen LogP contribution in [0.3, 0.4) is 0 Å². The first-order chi connectivity index (χ1) is 9.20. The Labute approximate surface area is 125 Å². The maximum Gasteiger partial charge on any atom is 0.0329 e. The molecule has 1 fully saturated rings. The van der Waals surface area contributed by atoms with E-state index >= 15 is 0 Å². The average molecular weight is 325 g/mol. The van der Waals surface area contributed by atoms with Crippen LogP contribution in [0, 0.1) is 0 Å². The number of rotatable bonds is 6. The van der Waals surface area contributed by atoms with Gasteiger partial charge in [0.15, 0.2) is 0 Å². The summed E-state index contributed by atoms with van der Waals surface area (Å²) < 4.78 is 1.15. The second-order valence-electron chi connectivity index (χ2n) is 5.60. The molecule has 0 radical (unpaired) electrons. The molecular weight excluding hydrogens is 300 g/mol. The molecule has 0 spiro atoms. The summed E-state index contributed by atoms with van der Waals surface area (Å²) in [7, 11) is 4.34. The van der Waals surface area contributed by atoms with Crippen LogP contribution >= 0.6 is 15.9 Å². The molecule has 1 unspecified atom stereocenters. The van der Waals surface area contributed by atoms with E-state index < -0.39 is 0 Å². The molecule has 19 heavy (non-hydrogen) atoms. The highest BCUT2D eigenvalue weighted by Crippen LogP contribution is 2.24. The van der Waals surface area contributed by atoms with Gasteiger partial charge in [-0.2, -0.15) is 0 Å². The Morgan fingerprint density at radius 1 is 1.26 bits per heavy atom. The zero-order chi connectivity index (χ0) is 13.7. The van der Waals surface area contributed by atoms with Crippen molar-refractivity contribution in [2.75, 3.05) is 20.6 Å². The summed E-state index contributed by atoms with van der Waals surface area (Å²) >= 11 is 3.49. The third kappa shape index (κ3) is 4.30. The van der Waals surface area contributed by atoms with Crippen LogP contribution < -0.4 is 5.32 Å². The van der Waals surface area contributed by atoms with Crippen molar-refractivity contribution in [1.29, 1.82) is 0 Å². The fourth-order valence-corrected chi connectivity index (χ4v) is 3.30. The van der Waals surface area contributed by atoms with E-state index in [-0.39, 0.29) is 0 Å². The van der Waals surface area contributed by atoms with Crippen LogP contribution in [0.5, 0.6) is 0 Å². The molecule has 3 heteroatoms. The first kappa shape index (κ1) is 15.0. The van der Waals surface area contributed by atoms with Crippen LogP contribution in [0.15, 0.2) is 28.7 Å². The Balaban J connectivity index is 1.86. The van der Waals surface area contributed by atoms with Crippen molar-refractivity contribution in [3.05, 3.63) is 34.3 Å². The Hall–Kier alpha value is -0.380. The fraction of sp³-hybridized carbons (Fsp3) is 0.625. The van der Waals surface area contributed by atoms with Crippen molar-refractivity contribution in [3.63, 3.8) is 0 Å². The summed E-state index contributed by atoms with van der Waals surface area (Å²) in [4.78, 5) is 2.55. The van der Waals surface area contributed by atoms with E-state index in [4.69, 9.17) is 0 Å². The van der Waals surface area contributed by atoms with Gasteiger partial charge in [-0.05, 0) is 57.6 Å². The van der Waals surface area contributed by atoms with Crippen molar-refractivity contribution in [3.8, 4) is 0 Å². The Bertz CT molecular complexity index is 371. The topological polar surface area (TPSA) is 15.3 Å². The molecule has 106 valence electrons. The lowest BCUT2D eigenvalue weighted by molar-refractivity contribution is 0.233. The molecule has 1 aliphatic rings. The second kappa shape index (κ2) is 7.41. The first-order valence-electron chi connectivity index (χ1n) is 7.33. The standard InChI is InChI=1S/C16H25BrN2/c1-18-16(13-7-9-14(17)10-8-13)11-12-19(2)15-5-3-4-6-15/h7-10,15-16,18H,3-6,11-12H2,1-2H3. The Morgan fingerprint density at radius 3 is 2.47 bits per heavy atom. The summed E-state index contributed by atoms with van der Waals surface area (Å²) in [5, 5.41) is 3.44. The van der Waals surface area contributed by atoms with E-state index in [9.17, 15) is 0 Å². The molecule has 0 amide bonds. The Morgan fingerprint density at radius 2 is 1.89 bits per heavy atom. The molecule has 0 saturated heterocycles. The third-order valence-corrected chi connectivity index (χ3v) is 4.87. The predicted octanol–water partition coefficient (Wildman–Crippen LogP) is 3.97. The second-order valence-corrected chi connectivity index (χ2v) is 6.52. The minimum absolute atomic E-state index is 0.456. The summed E-state index contributed by atoms with van der Waals surface area (Å²) in [5.74, 6) is 0. The summed E-state index contributed by atoms with van der Waals surface area (Å²) in [5.41, 5.74) is 1.38. The van der Waals surface area contributed by atoms with Gasteiger partial charge in [0.25, 0.3) is 0 Å². The number of benzene rings is 1. The third-order valence-electron chi connectivity index (χ3n) is 4.34. The molecule has 2 nitrogen and oxygen atoms in total. The lowest BCUT2D eigenvalue weighted by atomic mass is 10.0. The number of halogens is 1. The van der Waals surface area contributed by atoms with Crippen molar-refractivity contribution >= 4 is 15.9 Å². The summed E-state index contributed by atoms with van der Waals surface area (Å²) in [6, 6.07) is 9.95. The van der Waals surface area contributed by atoms with E-state index in [0.29, 0.717) is 6.04 Å². The van der Waals surface area contributed by atoms with Crippen molar-refractivity contribution < 1.29 is 0 Å². The molecule has 0 aliphatic heterocycles. The van der Waals surface area contributed by atoms with E-state index in [1.54, 1.807) is 0 Å². The van der Waals surface area contributed by atoms with Crippen molar-refractivity contribution in [2.45, 2.75) is 44.2 Å². The van der Waals surface area contributed by atoms with E-state index in [0.717, 1.165) is 10.5 Å². The van der Waals surface area contributed by atoms with Gasteiger partial charge in [0.1, 0.15) is 0 Å². The van der Waals surface area contributed by atoms with Crippen LogP contribution in [0.1, 0.15) is 43.7 Å².